The number of benzene rings is 2. The largest absolute Gasteiger partial charge is 0.309 e. The Hall–Kier alpha value is -2.15. The van der Waals surface area contributed by atoms with Crippen LogP contribution in [0, 0.1) is 18.3 Å². The van der Waals surface area contributed by atoms with E-state index in [1.807, 2.05) is 6.07 Å². The predicted molar refractivity (Wildman–Crippen MR) is 97.7 cm³/mol. The quantitative estimate of drug-likeness (QED) is 0.858. The molecular weight excluding hydrogens is 294 g/mol. The van der Waals surface area contributed by atoms with Gasteiger partial charge in [0.2, 0.25) is 0 Å². The van der Waals surface area contributed by atoms with E-state index in [1.165, 1.54) is 16.7 Å². The predicted octanol–water partition coefficient (Wildman–Crippen LogP) is 3.47. The smallest absolute Gasteiger partial charge is 0.0866 e. The average Bonchev–Trinajstić information content (AvgIpc) is 2.61. The molecule has 0 amide bonds. The van der Waals surface area contributed by atoms with Gasteiger partial charge in [-0.1, -0.05) is 60.2 Å². The summed E-state index contributed by atoms with van der Waals surface area (Å²) < 4.78 is 0. The van der Waals surface area contributed by atoms with Gasteiger partial charge in [-0.15, -0.1) is 0 Å². The zero-order chi connectivity index (χ0) is 16.8. The molecular formula is C21H25N3. The molecule has 0 aliphatic carbocycles. The fourth-order valence-electron chi connectivity index (χ4n) is 3.59. The highest BCUT2D eigenvalue weighted by Crippen LogP contribution is 2.27. The fraction of sp³-hybridized carbons (Fsp3) is 0.381. The highest BCUT2D eigenvalue weighted by molar-refractivity contribution is 5.26. The van der Waals surface area contributed by atoms with E-state index in [-0.39, 0.29) is 0 Å². The summed E-state index contributed by atoms with van der Waals surface area (Å²) in [5.74, 6) is 0.486. The topological polar surface area (TPSA) is 39.1 Å². The summed E-state index contributed by atoms with van der Waals surface area (Å²) in [5.41, 5.74) is 4.00. The van der Waals surface area contributed by atoms with Gasteiger partial charge in [-0.3, -0.25) is 4.90 Å². The number of nitriles is 1. The summed E-state index contributed by atoms with van der Waals surface area (Å²) in [5, 5.41) is 12.8. The Balaban J connectivity index is 1.68. The van der Waals surface area contributed by atoms with Crippen molar-refractivity contribution in [2.45, 2.75) is 31.8 Å². The third kappa shape index (κ3) is 4.44. The number of hydrogen-bond acceptors (Lipinski definition) is 3. The van der Waals surface area contributed by atoms with Crippen LogP contribution < -0.4 is 5.32 Å². The lowest BCUT2D eigenvalue weighted by molar-refractivity contribution is 0.188. The van der Waals surface area contributed by atoms with Crippen molar-refractivity contribution in [1.29, 1.82) is 5.26 Å². The Labute approximate surface area is 144 Å². The van der Waals surface area contributed by atoms with E-state index in [4.69, 9.17) is 5.26 Å². The second-order valence-electron chi connectivity index (χ2n) is 6.76. The van der Waals surface area contributed by atoms with Gasteiger partial charge in [-0.25, -0.2) is 0 Å². The molecule has 3 nitrogen and oxygen atoms in total. The Morgan fingerprint density at radius 1 is 1.12 bits per heavy atom. The van der Waals surface area contributed by atoms with E-state index in [9.17, 15) is 0 Å². The standard InChI is InChI=1S/C21H25N3/c1-17-6-5-9-19(12-17)20-13-21(16-24(15-20)11-10-22)23-14-18-7-3-2-4-8-18/h2-9,12,20-21,23H,11,13-16H2,1H3. The number of nitrogens with zero attached hydrogens (tertiary/aromatic N) is 2. The Morgan fingerprint density at radius 3 is 2.71 bits per heavy atom. The van der Waals surface area contributed by atoms with Crippen molar-refractivity contribution in [1.82, 2.24) is 10.2 Å². The molecule has 2 aromatic rings. The monoisotopic (exact) mass is 319 g/mol. The van der Waals surface area contributed by atoms with E-state index >= 15 is 0 Å². The molecule has 24 heavy (non-hydrogen) atoms. The first-order chi connectivity index (χ1) is 11.7. The Kier molecular flexibility index (Phi) is 5.63. The fourth-order valence-corrected chi connectivity index (χ4v) is 3.59. The van der Waals surface area contributed by atoms with Crippen LogP contribution in [0.3, 0.4) is 0 Å². The zero-order valence-corrected chi connectivity index (χ0v) is 14.3. The first-order valence-electron chi connectivity index (χ1n) is 8.68. The lowest BCUT2D eigenvalue weighted by Crippen LogP contribution is -2.48. The van der Waals surface area contributed by atoms with Crippen molar-refractivity contribution in [3.8, 4) is 6.07 Å². The summed E-state index contributed by atoms with van der Waals surface area (Å²) in [4.78, 5) is 2.28. The zero-order valence-electron chi connectivity index (χ0n) is 14.3. The molecule has 0 aromatic heterocycles. The van der Waals surface area contributed by atoms with E-state index in [0.29, 0.717) is 18.5 Å². The van der Waals surface area contributed by atoms with Crippen molar-refractivity contribution in [2.24, 2.45) is 0 Å². The van der Waals surface area contributed by atoms with E-state index in [2.05, 4.69) is 71.7 Å². The molecule has 1 aliphatic heterocycles. The van der Waals surface area contributed by atoms with Crippen molar-refractivity contribution >= 4 is 0 Å². The summed E-state index contributed by atoms with van der Waals surface area (Å²) >= 11 is 0. The van der Waals surface area contributed by atoms with E-state index in [1.54, 1.807) is 0 Å². The molecule has 0 radical (unpaired) electrons. The van der Waals surface area contributed by atoms with Crippen molar-refractivity contribution in [2.75, 3.05) is 19.6 Å². The number of likely N-dealkylation sites (tertiary alicyclic amines) is 1. The second-order valence-corrected chi connectivity index (χ2v) is 6.76. The van der Waals surface area contributed by atoms with Gasteiger partial charge >= 0.3 is 0 Å². The van der Waals surface area contributed by atoms with Gasteiger partial charge in [0.1, 0.15) is 0 Å². The van der Waals surface area contributed by atoms with Gasteiger partial charge in [-0.05, 0) is 30.4 Å². The van der Waals surface area contributed by atoms with Gasteiger partial charge in [0.25, 0.3) is 0 Å². The molecule has 2 unspecified atom stereocenters. The SMILES string of the molecule is Cc1cccc(C2CC(NCc3ccccc3)CN(CC#N)C2)c1. The van der Waals surface area contributed by atoms with Crippen molar-refractivity contribution in [3.05, 3.63) is 71.3 Å². The molecule has 1 N–H and O–H groups in total. The van der Waals surface area contributed by atoms with Gasteiger partial charge in [0, 0.05) is 25.7 Å². The average molecular weight is 319 g/mol. The first-order valence-corrected chi connectivity index (χ1v) is 8.68. The molecule has 2 atom stereocenters. The molecule has 2 aromatic carbocycles. The molecule has 1 heterocycles. The molecule has 0 saturated carbocycles. The van der Waals surface area contributed by atoms with Crippen LogP contribution in [0.15, 0.2) is 54.6 Å². The number of rotatable bonds is 5. The van der Waals surface area contributed by atoms with Crippen LogP contribution in [-0.2, 0) is 6.54 Å². The Morgan fingerprint density at radius 2 is 1.96 bits per heavy atom. The normalized spacial score (nSPS) is 21.3. The number of aryl methyl sites for hydroxylation is 1. The molecule has 1 fully saturated rings. The summed E-state index contributed by atoms with van der Waals surface area (Å²) in [6.07, 6.45) is 1.12. The van der Waals surface area contributed by atoms with E-state index in [0.717, 1.165) is 26.1 Å². The second kappa shape index (κ2) is 8.10. The third-order valence-corrected chi connectivity index (χ3v) is 4.77. The van der Waals surface area contributed by atoms with Gasteiger partial charge in [0.15, 0.2) is 0 Å². The molecule has 124 valence electrons. The van der Waals surface area contributed by atoms with Crippen LogP contribution in [0.4, 0.5) is 0 Å². The van der Waals surface area contributed by atoms with E-state index < -0.39 is 0 Å². The molecule has 1 saturated heterocycles. The summed E-state index contributed by atoms with van der Waals surface area (Å²) in [7, 11) is 0. The molecule has 1 aliphatic rings. The molecule has 3 rings (SSSR count). The summed E-state index contributed by atoms with van der Waals surface area (Å²) in [6, 6.07) is 22.0. The van der Waals surface area contributed by atoms with Crippen molar-refractivity contribution in [3.63, 3.8) is 0 Å². The van der Waals surface area contributed by atoms with Crippen LogP contribution in [-0.4, -0.2) is 30.6 Å². The summed E-state index contributed by atoms with van der Waals surface area (Å²) in [6.45, 7) is 5.45. The molecule has 3 heteroatoms. The lowest BCUT2D eigenvalue weighted by Gasteiger charge is -2.37. The van der Waals surface area contributed by atoms with Gasteiger partial charge in [0.05, 0.1) is 12.6 Å². The van der Waals surface area contributed by atoms with Crippen LogP contribution in [0.2, 0.25) is 0 Å². The first kappa shape index (κ1) is 16.7. The van der Waals surface area contributed by atoms with Gasteiger partial charge in [-0.2, -0.15) is 5.26 Å². The van der Waals surface area contributed by atoms with Gasteiger partial charge < -0.3 is 5.32 Å². The minimum Gasteiger partial charge on any atom is -0.309 e. The van der Waals surface area contributed by atoms with Crippen LogP contribution in [0.25, 0.3) is 0 Å². The maximum absolute atomic E-state index is 9.10. The van der Waals surface area contributed by atoms with Crippen LogP contribution in [0.5, 0.6) is 0 Å². The number of nitrogens with one attached hydrogen (secondary N) is 1. The van der Waals surface area contributed by atoms with Crippen LogP contribution in [0.1, 0.15) is 29.0 Å². The molecule has 0 bridgehead atoms. The number of hydrogen-bond donors (Lipinski definition) is 1. The maximum atomic E-state index is 9.10. The lowest BCUT2D eigenvalue weighted by atomic mass is 9.87. The highest BCUT2D eigenvalue weighted by atomic mass is 15.2. The number of piperidine rings is 1. The third-order valence-electron chi connectivity index (χ3n) is 4.77. The van der Waals surface area contributed by atoms with Crippen LogP contribution >= 0.6 is 0 Å². The molecule has 0 spiro atoms. The minimum atomic E-state index is 0.415. The maximum Gasteiger partial charge on any atom is 0.0866 e. The minimum absolute atomic E-state index is 0.415. The van der Waals surface area contributed by atoms with Crippen molar-refractivity contribution < 1.29 is 0 Å². The highest BCUT2D eigenvalue weighted by Gasteiger charge is 2.27. The Bertz CT molecular complexity index is 690.